The molecule has 2 fully saturated rings. The van der Waals surface area contributed by atoms with Gasteiger partial charge in [0.2, 0.25) is 0 Å². The summed E-state index contributed by atoms with van der Waals surface area (Å²) in [5, 5.41) is 3.32. The van der Waals surface area contributed by atoms with E-state index in [0.29, 0.717) is 0 Å². The predicted molar refractivity (Wildman–Crippen MR) is 85.3 cm³/mol. The first-order chi connectivity index (χ1) is 10.9. The first kappa shape index (κ1) is 18.9. The molecule has 1 amide bonds. The number of nitrogens with one attached hydrogen (secondary N) is 1. The molecule has 2 aliphatic heterocycles. The number of benzene rings is 1. The summed E-state index contributed by atoms with van der Waals surface area (Å²) < 4.78 is 42.9. The van der Waals surface area contributed by atoms with E-state index in [2.05, 4.69) is 5.32 Å². The number of ether oxygens (including phenoxy) is 1. The molecule has 0 spiro atoms. The molecule has 134 valence electrons. The number of alkyl halides is 3. The van der Waals surface area contributed by atoms with Gasteiger partial charge in [-0.2, -0.15) is 13.2 Å². The van der Waals surface area contributed by atoms with E-state index in [1.165, 1.54) is 12.1 Å². The summed E-state index contributed by atoms with van der Waals surface area (Å²) in [6, 6.07) is 4.85. The molecule has 1 N–H and O–H groups in total. The molecule has 24 heavy (non-hydrogen) atoms. The van der Waals surface area contributed by atoms with Crippen LogP contribution in [0.3, 0.4) is 0 Å². The molecule has 2 bridgehead atoms. The van der Waals surface area contributed by atoms with Gasteiger partial charge in [0, 0.05) is 18.6 Å². The Hall–Kier alpha value is -1.47. The van der Waals surface area contributed by atoms with Crippen LogP contribution in [0.25, 0.3) is 0 Å². The van der Waals surface area contributed by atoms with Crippen LogP contribution in [0.1, 0.15) is 24.8 Å². The van der Waals surface area contributed by atoms with Gasteiger partial charge in [0.05, 0.1) is 5.56 Å². The van der Waals surface area contributed by atoms with Crippen molar-refractivity contribution in [2.75, 3.05) is 19.7 Å². The maximum absolute atomic E-state index is 12.5. The first-order valence-corrected chi connectivity index (χ1v) is 7.77. The maximum Gasteiger partial charge on any atom is 0.416 e. The van der Waals surface area contributed by atoms with Crippen LogP contribution in [0.5, 0.6) is 5.75 Å². The first-order valence-electron chi connectivity index (χ1n) is 7.77. The number of carbonyl (C=O) groups excluding carboxylic acids is 1. The lowest BCUT2D eigenvalue weighted by Gasteiger charge is -2.27. The minimum absolute atomic E-state index is 0. The second kappa shape index (κ2) is 7.61. The molecule has 2 aliphatic rings. The van der Waals surface area contributed by atoms with Crippen LogP contribution in [0, 0.1) is 0 Å². The summed E-state index contributed by atoms with van der Waals surface area (Å²) in [6.45, 7) is 1.56. The topological polar surface area (TPSA) is 41.6 Å². The van der Waals surface area contributed by atoms with Crippen molar-refractivity contribution in [3.8, 4) is 5.75 Å². The molecular formula is C16H20ClF3N2O2. The smallest absolute Gasteiger partial charge is 0.416 e. The molecule has 0 aliphatic carbocycles. The minimum atomic E-state index is -4.37. The third-order valence-electron chi connectivity index (χ3n) is 4.49. The van der Waals surface area contributed by atoms with Crippen molar-refractivity contribution in [3.05, 3.63) is 29.8 Å². The normalized spacial score (nSPS) is 23.4. The zero-order chi connectivity index (χ0) is 16.4. The summed E-state index contributed by atoms with van der Waals surface area (Å²) in [4.78, 5) is 14.3. The Labute approximate surface area is 144 Å². The van der Waals surface area contributed by atoms with E-state index in [9.17, 15) is 18.0 Å². The van der Waals surface area contributed by atoms with Crippen molar-refractivity contribution in [2.45, 2.75) is 37.5 Å². The van der Waals surface area contributed by atoms with Crippen LogP contribution in [-0.2, 0) is 11.0 Å². The van der Waals surface area contributed by atoms with Crippen LogP contribution < -0.4 is 10.1 Å². The van der Waals surface area contributed by atoms with Crippen LogP contribution in [0.4, 0.5) is 13.2 Å². The van der Waals surface area contributed by atoms with E-state index >= 15 is 0 Å². The van der Waals surface area contributed by atoms with Crippen molar-refractivity contribution in [2.24, 2.45) is 0 Å². The third-order valence-corrected chi connectivity index (χ3v) is 4.49. The molecule has 2 unspecified atom stereocenters. The largest absolute Gasteiger partial charge is 0.484 e. The van der Waals surface area contributed by atoms with Crippen molar-refractivity contribution < 1.29 is 22.7 Å². The fourth-order valence-electron chi connectivity index (χ4n) is 3.35. The fraction of sp³-hybridized carbons (Fsp3) is 0.562. The summed E-state index contributed by atoms with van der Waals surface area (Å²) in [6.07, 6.45) is -1.43. The number of rotatable bonds is 3. The number of halogens is 4. The fourth-order valence-corrected chi connectivity index (χ4v) is 3.35. The van der Waals surface area contributed by atoms with Crippen molar-refractivity contribution in [1.82, 2.24) is 10.2 Å². The van der Waals surface area contributed by atoms with Gasteiger partial charge in [0.1, 0.15) is 5.75 Å². The average molecular weight is 365 g/mol. The molecule has 1 aromatic carbocycles. The molecule has 0 aromatic heterocycles. The van der Waals surface area contributed by atoms with Crippen molar-refractivity contribution in [1.29, 1.82) is 0 Å². The number of hydrogen-bond acceptors (Lipinski definition) is 3. The van der Waals surface area contributed by atoms with Crippen LogP contribution in [-0.4, -0.2) is 42.6 Å². The molecule has 3 rings (SSSR count). The van der Waals surface area contributed by atoms with Crippen molar-refractivity contribution in [3.63, 3.8) is 0 Å². The van der Waals surface area contributed by atoms with E-state index < -0.39 is 11.7 Å². The highest BCUT2D eigenvalue weighted by Gasteiger charge is 2.38. The van der Waals surface area contributed by atoms with Gasteiger partial charge in [-0.05, 0) is 50.1 Å². The van der Waals surface area contributed by atoms with E-state index in [-0.39, 0.29) is 42.8 Å². The number of hydrogen-bond donors (Lipinski definition) is 1. The highest BCUT2D eigenvalue weighted by Crippen LogP contribution is 2.31. The monoisotopic (exact) mass is 364 g/mol. The molecule has 2 saturated heterocycles. The van der Waals surface area contributed by atoms with Crippen LogP contribution in [0.2, 0.25) is 0 Å². The lowest BCUT2D eigenvalue weighted by atomic mass is 10.1. The predicted octanol–water partition coefficient (Wildman–Crippen LogP) is 2.86. The summed E-state index contributed by atoms with van der Waals surface area (Å²) in [7, 11) is 0. The Morgan fingerprint density at radius 2 is 1.83 bits per heavy atom. The number of amides is 1. The zero-order valence-electron chi connectivity index (χ0n) is 13.0. The van der Waals surface area contributed by atoms with Crippen molar-refractivity contribution >= 4 is 18.3 Å². The van der Waals surface area contributed by atoms with Crippen LogP contribution >= 0.6 is 12.4 Å². The van der Waals surface area contributed by atoms with Gasteiger partial charge < -0.3 is 15.0 Å². The minimum Gasteiger partial charge on any atom is -0.484 e. The van der Waals surface area contributed by atoms with Gasteiger partial charge in [-0.1, -0.05) is 0 Å². The second-order valence-corrected chi connectivity index (χ2v) is 5.99. The van der Waals surface area contributed by atoms with E-state index in [4.69, 9.17) is 4.74 Å². The van der Waals surface area contributed by atoms with Gasteiger partial charge in [0.25, 0.3) is 5.91 Å². The third kappa shape index (κ3) is 4.13. The second-order valence-electron chi connectivity index (χ2n) is 5.99. The molecular weight excluding hydrogens is 345 g/mol. The Kier molecular flexibility index (Phi) is 5.98. The molecule has 0 radical (unpaired) electrons. The highest BCUT2D eigenvalue weighted by molar-refractivity contribution is 5.85. The number of carbonyl (C=O) groups is 1. The molecule has 8 heteroatoms. The molecule has 4 nitrogen and oxygen atoms in total. The van der Waals surface area contributed by atoms with E-state index in [1.807, 2.05) is 4.90 Å². The maximum atomic E-state index is 12.5. The highest BCUT2D eigenvalue weighted by atomic mass is 35.5. The quantitative estimate of drug-likeness (QED) is 0.896. The van der Waals surface area contributed by atoms with Gasteiger partial charge in [-0.3, -0.25) is 4.79 Å². The summed E-state index contributed by atoms with van der Waals surface area (Å²) in [5.74, 6) is 0.174. The van der Waals surface area contributed by atoms with Gasteiger partial charge in [0.15, 0.2) is 6.61 Å². The Balaban J connectivity index is 0.00000208. The number of fused-ring (bicyclic) bond motifs is 2. The Bertz CT molecular complexity index is 551. The molecule has 2 heterocycles. The van der Waals surface area contributed by atoms with E-state index in [1.54, 1.807) is 0 Å². The Morgan fingerprint density at radius 3 is 2.50 bits per heavy atom. The molecule has 1 aromatic rings. The van der Waals surface area contributed by atoms with Gasteiger partial charge >= 0.3 is 6.18 Å². The van der Waals surface area contributed by atoms with E-state index in [0.717, 1.165) is 44.5 Å². The SMILES string of the molecule is Cl.O=C(COc1ccc(C(F)(F)F)cc1)N1C2CCNCC1CC2. The lowest BCUT2D eigenvalue weighted by Crippen LogP contribution is -2.44. The standard InChI is InChI=1S/C16H19F3N2O2.ClH/c17-16(18,19)11-1-5-14(6-2-11)23-10-15(22)21-12-3-4-13(21)9-20-8-7-12;/h1-2,5-6,12-13,20H,3-4,7-10H2;1H. The average Bonchev–Trinajstić information content (AvgIpc) is 2.77. The van der Waals surface area contributed by atoms with Gasteiger partial charge in [-0.15, -0.1) is 12.4 Å². The lowest BCUT2D eigenvalue weighted by molar-refractivity contribution is -0.138. The van der Waals surface area contributed by atoms with Crippen LogP contribution in [0.15, 0.2) is 24.3 Å². The molecule has 0 saturated carbocycles. The number of nitrogens with zero attached hydrogens (tertiary/aromatic N) is 1. The zero-order valence-corrected chi connectivity index (χ0v) is 13.8. The molecule has 2 atom stereocenters. The Morgan fingerprint density at radius 1 is 1.17 bits per heavy atom. The summed E-state index contributed by atoms with van der Waals surface area (Å²) >= 11 is 0. The van der Waals surface area contributed by atoms with Gasteiger partial charge in [-0.25, -0.2) is 0 Å². The summed E-state index contributed by atoms with van der Waals surface area (Å²) in [5.41, 5.74) is -0.729.